The lowest BCUT2D eigenvalue weighted by molar-refractivity contribution is 0.0521. The van der Waals surface area contributed by atoms with E-state index in [2.05, 4.69) is 10.3 Å². The molecule has 1 aromatic heterocycles. The second kappa shape index (κ2) is 5.13. The van der Waals surface area contributed by atoms with Crippen LogP contribution in [0.2, 0.25) is 0 Å². The normalized spacial score (nSPS) is 25.8. The van der Waals surface area contributed by atoms with Crippen LogP contribution in [0, 0.1) is 11.8 Å². The maximum atomic E-state index is 12.7. The molecule has 1 aliphatic heterocycles. The van der Waals surface area contributed by atoms with E-state index in [4.69, 9.17) is 4.63 Å². The monoisotopic (exact) mass is 285 g/mol. The van der Waals surface area contributed by atoms with Crippen LogP contribution in [0.15, 0.2) is 22.8 Å². The molecular weight excluding hydrogens is 266 g/mol. The second-order valence-electron chi connectivity index (χ2n) is 6.31. The Morgan fingerprint density at radius 1 is 1.10 bits per heavy atom. The van der Waals surface area contributed by atoms with E-state index in [1.54, 1.807) is 12.1 Å². The van der Waals surface area contributed by atoms with E-state index in [0.29, 0.717) is 22.5 Å². The molecule has 4 rings (SSSR count). The largest absolute Gasteiger partial charge is 0.338 e. The molecule has 0 bridgehead atoms. The molecule has 21 heavy (non-hydrogen) atoms. The SMILES string of the molecule is O=C(c1ccc2nonc2c1)N1CCC2CCCCC2C1. The average Bonchev–Trinajstić information content (AvgIpc) is 3.01. The Morgan fingerprint density at radius 2 is 1.90 bits per heavy atom. The molecule has 2 aromatic rings. The third kappa shape index (κ3) is 2.30. The number of piperidine rings is 1. The lowest BCUT2D eigenvalue weighted by Gasteiger charge is -2.41. The summed E-state index contributed by atoms with van der Waals surface area (Å²) in [7, 11) is 0. The van der Waals surface area contributed by atoms with E-state index in [-0.39, 0.29) is 5.91 Å². The lowest BCUT2D eigenvalue weighted by Crippen LogP contribution is -2.44. The van der Waals surface area contributed by atoms with Crippen molar-refractivity contribution in [2.75, 3.05) is 13.1 Å². The number of amides is 1. The topological polar surface area (TPSA) is 59.2 Å². The fourth-order valence-electron chi connectivity index (χ4n) is 3.88. The van der Waals surface area contributed by atoms with Crippen LogP contribution in [0.3, 0.4) is 0 Å². The predicted molar refractivity (Wildman–Crippen MR) is 77.8 cm³/mol. The number of aromatic nitrogens is 2. The van der Waals surface area contributed by atoms with Gasteiger partial charge in [-0.15, -0.1) is 0 Å². The smallest absolute Gasteiger partial charge is 0.253 e. The van der Waals surface area contributed by atoms with Crippen molar-refractivity contribution in [2.24, 2.45) is 11.8 Å². The first-order valence-electron chi connectivity index (χ1n) is 7.83. The Bertz CT molecular complexity index is 666. The summed E-state index contributed by atoms with van der Waals surface area (Å²) >= 11 is 0. The van der Waals surface area contributed by atoms with Gasteiger partial charge in [-0.1, -0.05) is 19.3 Å². The number of carbonyl (C=O) groups is 1. The minimum Gasteiger partial charge on any atom is -0.338 e. The van der Waals surface area contributed by atoms with Gasteiger partial charge in [0.05, 0.1) is 0 Å². The van der Waals surface area contributed by atoms with Crippen LogP contribution in [0.25, 0.3) is 11.0 Å². The maximum Gasteiger partial charge on any atom is 0.253 e. The molecule has 2 aliphatic rings. The van der Waals surface area contributed by atoms with E-state index in [1.165, 1.54) is 25.7 Å². The zero-order chi connectivity index (χ0) is 14.2. The Kier molecular flexibility index (Phi) is 3.13. The molecule has 0 spiro atoms. The number of hydrogen-bond acceptors (Lipinski definition) is 4. The molecule has 0 radical (unpaired) electrons. The van der Waals surface area contributed by atoms with Gasteiger partial charge in [0.15, 0.2) is 0 Å². The summed E-state index contributed by atoms with van der Waals surface area (Å²) in [5, 5.41) is 7.59. The fourth-order valence-corrected chi connectivity index (χ4v) is 3.88. The van der Waals surface area contributed by atoms with E-state index >= 15 is 0 Å². The number of fused-ring (bicyclic) bond motifs is 2. The number of benzene rings is 1. The van der Waals surface area contributed by atoms with Crippen LogP contribution < -0.4 is 0 Å². The standard InChI is InChI=1S/C16H19N3O2/c20-16(12-5-6-14-15(9-12)18-21-17-14)19-8-7-11-3-1-2-4-13(11)10-19/h5-6,9,11,13H,1-4,7-8,10H2. The Labute approximate surface area is 123 Å². The molecule has 5 heteroatoms. The Hall–Kier alpha value is -1.91. The zero-order valence-corrected chi connectivity index (χ0v) is 12.0. The predicted octanol–water partition coefficient (Wildman–Crippen LogP) is 2.88. The number of likely N-dealkylation sites (tertiary alicyclic amines) is 1. The van der Waals surface area contributed by atoms with Gasteiger partial charge in [0.25, 0.3) is 5.91 Å². The van der Waals surface area contributed by atoms with Crippen LogP contribution in [0.4, 0.5) is 0 Å². The van der Waals surface area contributed by atoms with Crippen LogP contribution in [-0.2, 0) is 0 Å². The van der Waals surface area contributed by atoms with E-state index in [9.17, 15) is 4.79 Å². The highest BCUT2D eigenvalue weighted by molar-refractivity contribution is 5.97. The highest BCUT2D eigenvalue weighted by Crippen LogP contribution is 2.36. The fraction of sp³-hybridized carbons (Fsp3) is 0.562. The van der Waals surface area contributed by atoms with Gasteiger partial charge in [0.1, 0.15) is 11.0 Å². The summed E-state index contributed by atoms with van der Waals surface area (Å²) < 4.78 is 4.69. The van der Waals surface area contributed by atoms with Crippen molar-refractivity contribution in [3.05, 3.63) is 23.8 Å². The Morgan fingerprint density at radius 3 is 2.81 bits per heavy atom. The molecule has 110 valence electrons. The summed E-state index contributed by atoms with van der Waals surface area (Å²) in [5.74, 6) is 1.66. The summed E-state index contributed by atoms with van der Waals surface area (Å²) in [4.78, 5) is 14.7. The maximum absolute atomic E-state index is 12.7. The molecule has 1 aromatic carbocycles. The van der Waals surface area contributed by atoms with Crippen molar-refractivity contribution in [1.29, 1.82) is 0 Å². The third-order valence-electron chi connectivity index (χ3n) is 5.08. The molecule has 2 fully saturated rings. The summed E-state index contributed by atoms with van der Waals surface area (Å²) in [5.41, 5.74) is 2.03. The number of hydrogen-bond donors (Lipinski definition) is 0. The molecule has 2 unspecified atom stereocenters. The van der Waals surface area contributed by atoms with Gasteiger partial charge in [0, 0.05) is 18.7 Å². The highest BCUT2D eigenvalue weighted by Gasteiger charge is 2.33. The van der Waals surface area contributed by atoms with E-state index < -0.39 is 0 Å². The van der Waals surface area contributed by atoms with Gasteiger partial charge in [0.2, 0.25) is 0 Å². The molecule has 5 nitrogen and oxygen atoms in total. The molecule has 1 saturated heterocycles. The van der Waals surface area contributed by atoms with Crippen LogP contribution in [0.1, 0.15) is 42.5 Å². The summed E-state index contributed by atoms with van der Waals surface area (Å²) in [6.45, 7) is 1.80. The Balaban J connectivity index is 1.53. The van der Waals surface area contributed by atoms with E-state index in [0.717, 1.165) is 25.4 Å². The van der Waals surface area contributed by atoms with Crippen molar-refractivity contribution < 1.29 is 9.42 Å². The molecule has 1 amide bonds. The molecule has 2 heterocycles. The van der Waals surface area contributed by atoms with Gasteiger partial charge in [-0.05, 0) is 53.2 Å². The first-order valence-corrected chi connectivity index (χ1v) is 7.83. The van der Waals surface area contributed by atoms with E-state index in [1.807, 2.05) is 11.0 Å². The van der Waals surface area contributed by atoms with Gasteiger partial charge >= 0.3 is 0 Å². The molecule has 0 N–H and O–H groups in total. The van der Waals surface area contributed by atoms with Gasteiger partial charge in [-0.3, -0.25) is 4.79 Å². The van der Waals surface area contributed by atoms with Crippen molar-refractivity contribution in [3.63, 3.8) is 0 Å². The van der Waals surface area contributed by atoms with Gasteiger partial charge < -0.3 is 4.90 Å². The lowest BCUT2D eigenvalue weighted by atomic mass is 9.75. The molecular formula is C16H19N3O2. The van der Waals surface area contributed by atoms with Gasteiger partial charge in [-0.2, -0.15) is 0 Å². The molecule has 1 aliphatic carbocycles. The number of carbonyl (C=O) groups excluding carboxylic acids is 1. The minimum absolute atomic E-state index is 0.115. The van der Waals surface area contributed by atoms with Crippen molar-refractivity contribution in [3.8, 4) is 0 Å². The highest BCUT2D eigenvalue weighted by atomic mass is 16.6. The van der Waals surface area contributed by atoms with Crippen LogP contribution in [-0.4, -0.2) is 34.2 Å². The van der Waals surface area contributed by atoms with Crippen LogP contribution >= 0.6 is 0 Å². The summed E-state index contributed by atoms with van der Waals surface area (Å²) in [6.07, 6.45) is 6.47. The van der Waals surface area contributed by atoms with Gasteiger partial charge in [-0.25, -0.2) is 4.63 Å². The first kappa shape index (κ1) is 12.8. The van der Waals surface area contributed by atoms with Crippen molar-refractivity contribution >= 4 is 16.9 Å². The molecule has 1 saturated carbocycles. The minimum atomic E-state index is 0.115. The van der Waals surface area contributed by atoms with Crippen LogP contribution in [0.5, 0.6) is 0 Å². The van der Waals surface area contributed by atoms with Crippen molar-refractivity contribution in [2.45, 2.75) is 32.1 Å². The average molecular weight is 285 g/mol. The zero-order valence-electron chi connectivity index (χ0n) is 12.0. The molecule has 2 atom stereocenters. The quantitative estimate of drug-likeness (QED) is 0.808. The van der Waals surface area contributed by atoms with Crippen molar-refractivity contribution in [1.82, 2.24) is 15.2 Å². The third-order valence-corrected chi connectivity index (χ3v) is 5.08. The number of nitrogens with zero attached hydrogens (tertiary/aromatic N) is 3. The summed E-state index contributed by atoms with van der Waals surface area (Å²) in [6, 6.07) is 5.40. The number of rotatable bonds is 1. The second-order valence-corrected chi connectivity index (χ2v) is 6.31. The first-order chi connectivity index (χ1) is 10.3.